The summed E-state index contributed by atoms with van der Waals surface area (Å²) in [5.41, 5.74) is 2.55. The summed E-state index contributed by atoms with van der Waals surface area (Å²) in [7, 11) is 0. The van der Waals surface area contributed by atoms with Gasteiger partial charge in [-0.05, 0) is 38.8 Å². The molecule has 4 rings (SSSR count). The molecule has 8 nitrogen and oxygen atoms in total. The van der Waals surface area contributed by atoms with Crippen LogP contribution in [0.5, 0.6) is 0 Å². The van der Waals surface area contributed by atoms with E-state index in [-0.39, 0.29) is 12.1 Å². The second-order valence-electron chi connectivity index (χ2n) is 6.45. The lowest BCUT2D eigenvalue weighted by Gasteiger charge is -2.23. The molecule has 136 valence electrons. The second-order valence-corrected chi connectivity index (χ2v) is 6.45. The minimum atomic E-state index is -0.397. The Morgan fingerprint density at radius 3 is 2.96 bits per heavy atom. The monoisotopic (exact) mass is 356 g/mol. The molecule has 1 aliphatic rings. The summed E-state index contributed by atoms with van der Waals surface area (Å²) in [6.45, 7) is 4.92. The Morgan fingerprint density at radius 2 is 2.23 bits per heavy atom. The molecule has 1 aromatic carbocycles. The number of fused-ring (bicyclic) bond motifs is 1. The standard InChI is InChI=1S/C18H20N4O4/c1-3-21-14-7-6-12(10-15(14)25-18(21)24)19-17(23)22-8-4-5-13(22)16-9-11(2)20-26-16/h6-7,9-10,13H,3-5,8H2,1-2H3,(H,19,23). The SMILES string of the molecule is CCn1c(=O)oc2cc(NC(=O)N3CCCC3c3cc(C)no3)ccc21. The third-order valence-electron chi connectivity index (χ3n) is 4.72. The van der Waals surface area contributed by atoms with Crippen molar-refractivity contribution in [1.82, 2.24) is 14.6 Å². The van der Waals surface area contributed by atoms with Gasteiger partial charge in [0.25, 0.3) is 0 Å². The van der Waals surface area contributed by atoms with Crippen LogP contribution in [0.3, 0.4) is 0 Å². The molecule has 0 saturated carbocycles. The van der Waals surface area contributed by atoms with Gasteiger partial charge in [-0.2, -0.15) is 0 Å². The molecule has 2 aromatic heterocycles. The van der Waals surface area contributed by atoms with Gasteiger partial charge < -0.3 is 19.2 Å². The van der Waals surface area contributed by atoms with Crippen molar-refractivity contribution in [3.05, 3.63) is 46.3 Å². The lowest BCUT2D eigenvalue weighted by Crippen LogP contribution is -2.34. The van der Waals surface area contributed by atoms with Crippen LogP contribution in [0.25, 0.3) is 11.1 Å². The fraction of sp³-hybridized carbons (Fsp3) is 0.389. The zero-order chi connectivity index (χ0) is 18.3. The Kier molecular flexibility index (Phi) is 4.02. The number of carbonyl (C=O) groups excluding carboxylic acids is 1. The van der Waals surface area contributed by atoms with Crippen molar-refractivity contribution in [1.29, 1.82) is 0 Å². The molecule has 26 heavy (non-hydrogen) atoms. The van der Waals surface area contributed by atoms with Gasteiger partial charge in [-0.3, -0.25) is 4.57 Å². The number of aromatic nitrogens is 2. The number of likely N-dealkylation sites (tertiary alicyclic amines) is 1. The minimum absolute atomic E-state index is 0.112. The highest BCUT2D eigenvalue weighted by atomic mass is 16.5. The molecule has 1 saturated heterocycles. The van der Waals surface area contributed by atoms with E-state index in [2.05, 4.69) is 10.5 Å². The summed E-state index contributed by atoms with van der Waals surface area (Å²) < 4.78 is 12.1. The maximum Gasteiger partial charge on any atom is 0.419 e. The quantitative estimate of drug-likeness (QED) is 0.777. The zero-order valence-electron chi connectivity index (χ0n) is 14.7. The summed E-state index contributed by atoms with van der Waals surface area (Å²) in [4.78, 5) is 26.3. The van der Waals surface area contributed by atoms with Crippen LogP contribution in [0, 0.1) is 6.92 Å². The van der Waals surface area contributed by atoms with Crippen molar-refractivity contribution in [3.8, 4) is 0 Å². The van der Waals surface area contributed by atoms with Gasteiger partial charge in [0.1, 0.15) is 0 Å². The maximum absolute atomic E-state index is 12.7. The lowest BCUT2D eigenvalue weighted by atomic mass is 10.1. The molecule has 0 spiro atoms. The van der Waals surface area contributed by atoms with Gasteiger partial charge in [0, 0.05) is 30.9 Å². The molecule has 0 aliphatic carbocycles. The number of nitrogens with zero attached hydrogens (tertiary/aromatic N) is 3. The van der Waals surface area contributed by atoms with Crippen LogP contribution in [0.4, 0.5) is 10.5 Å². The second kappa shape index (κ2) is 6.36. The number of nitrogens with one attached hydrogen (secondary N) is 1. The van der Waals surface area contributed by atoms with Gasteiger partial charge in [0.05, 0.1) is 17.3 Å². The average molecular weight is 356 g/mol. The number of amides is 2. The number of anilines is 1. The molecule has 2 amide bonds. The first kappa shape index (κ1) is 16.4. The molecule has 1 atom stereocenters. The molecular formula is C18H20N4O4. The van der Waals surface area contributed by atoms with Crippen LogP contribution in [0.1, 0.15) is 37.3 Å². The largest absolute Gasteiger partial charge is 0.419 e. The van der Waals surface area contributed by atoms with E-state index in [1.807, 2.05) is 19.9 Å². The predicted octanol–water partition coefficient (Wildman–Crippen LogP) is 3.28. The molecule has 1 fully saturated rings. The van der Waals surface area contributed by atoms with E-state index >= 15 is 0 Å². The summed E-state index contributed by atoms with van der Waals surface area (Å²) in [6.07, 6.45) is 1.75. The highest BCUT2D eigenvalue weighted by Gasteiger charge is 2.32. The number of hydrogen-bond acceptors (Lipinski definition) is 5. The summed E-state index contributed by atoms with van der Waals surface area (Å²) >= 11 is 0. The number of aryl methyl sites for hydroxylation is 2. The van der Waals surface area contributed by atoms with Crippen LogP contribution in [-0.4, -0.2) is 27.2 Å². The third kappa shape index (κ3) is 2.77. The van der Waals surface area contributed by atoms with Crippen LogP contribution >= 0.6 is 0 Å². The molecule has 1 aliphatic heterocycles. The number of benzene rings is 1. The van der Waals surface area contributed by atoms with E-state index in [9.17, 15) is 9.59 Å². The van der Waals surface area contributed by atoms with E-state index in [4.69, 9.17) is 8.94 Å². The smallest absolute Gasteiger partial charge is 0.408 e. The van der Waals surface area contributed by atoms with E-state index in [0.717, 1.165) is 18.5 Å². The molecule has 3 aromatic rings. The maximum atomic E-state index is 12.7. The number of rotatable bonds is 3. The first-order chi connectivity index (χ1) is 12.6. The summed E-state index contributed by atoms with van der Waals surface area (Å²) in [5.74, 6) is 0.308. The number of oxazole rings is 1. The van der Waals surface area contributed by atoms with Gasteiger partial charge in [-0.1, -0.05) is 5.16 Å². The van der Waals surface area contributed by atoms with Crippen molar-refractivity contribution in [2.24, 2.45) is 0 Å². The molecule has 0 bridgehead atoms. The lowest BCUT2D eigenvalue weighted by molar-refractivity contribution is 0.195. The minimum Gasteiger partial charge on any atom is -0.408 e. The fourth-order valence-corrected chi connectivity index (χ4v) is 3.48. The molecule has 8 heteroatoms. The summed E-state index contributed by atoms with van der Waals surface area (Å²) in [5, 5.41) is 6.80. The molecule has 1 N–H and O–H groups in total. The van der Waals surface area contributed by atoms with E-state index in [0.29, 0.717) is 35.6 Å². The Hall–Kier alpha value is -3.03. The first-order valence-electron chi connectivity index (χ1n) is 8.71. The van der Waals surface area contributed by atoms with E-state index < -0.39 is 5.76 Å². The topological polar surface area (TPSA) is 93.5 Å². The van der Waals surface area contributed by atoms with E-state index in [1.165, 1.54) is 0 Å². The van der Waals surface area contributed by atoms with Crippen LogP contribution in [-0.2, 0) is 6.54 Å². The Balaban J connectivity index is 1.55. The zero-order valence-corrected chi connectivity index (χ0v) is 14.7. The van der Waals surface area contributed by atoms with Gasteiger partial charge >= 0.3 is 11.8 Å². The van der Waals surface area contributed by atoms with Gasteiger partial charge in [0.2, 0.25) is 0 Å². The molecule has 0 radical (unpaired) electrons. The number of urea groups is 1. The highest BCUT2D eigenvalue weighted by molar-refractivity contribution is 5.92. The normalized spacial score (nSPS) is 17.2. The van der Waals surface area contributed by atoms with E-state index in [1.54, 1.807) is 27.7 Å². The average Bonchev–Trinajstić information content (AvgIpc) is 3.31. The Bertz CT molecular complexity index is 1020. The molecule has 3 heterocycles. The van der Waals surface area contributed by atoms with Crippen molar-refractivity contribution < 1.29 is 13.7 Å². The number of carbonyl (C=O) groups is 1. The molecule has 1 unspecified atom stereocenters. The molecular weight excluding hydrogens is 336 g/mol. The number of hydrogen-bond donors (Lipinski definition) is 1. The third-order valence-corrected chi connectivity index (χ3v) is 4.72. The van der Waals surface area contributed by atoms with Crippen molar-refractivity contribution >= 4 is 22.8 Å². The van der Waals surface area contributed by atoms with Gasteiger partial charge in [-0.25, -0.2) is 9.59 Å². The van der Waals surface area contributed by atoms with Crippen molar-refractivity contribution in [3.63, 3.8) is 0 Å². The van der Waals surface area contributed by atoms with Crippen molar-refractivity contribution in [2.45, 2.75) is 39.3 Å². The van der Waals surface area contributed by atoms with Gasteiger partial charge in [-0.15, -0.1) is 0 Å². The Labute approximate surface area is 149 Å². The summed E-state index contributed by atoms with van der Waals surface area (Å²) in [6, 6.07) is 6.76. The van der Waals surface area contributed by atoms with Gasteiger partial charge in [0.15, 0.2) is 11.3 Å². The van der Waals surface area contributed by atoms with Crippen LogP contribution in [0.15, 0.2) is 38.0 Å². The fourth-order valence-electron chi connectivity index (χ4n) is 3.48. The van der Waals surface area contributed by atoms with Crippen LogP contribution in [0.2, 0.25) is 0 Å². The Morgan fingerprint density at radius 1 is 1.38 bits per heavy atom. The van der Waals surface area contributed by atoms with Crippen molar-refractivity contribution in [2.75, 3.05) is 11.9 Å². The predicted molar refractivity (Wildman–Crippen MR) is 95.1 cm³/mol. The first-order valence-corrected chi connectivity index (χ1v) is 8.71. The van der Waals surface area contributed by atoms with Crippen LogP contribution < -0.4 is 11.1 Å². The highest BCUT2D eigenvalue weighted by Crippen LogP contribution is 2.32.